The minimum absolute atomic E-state index is 0.0980. The fraction of sp³-hybridized carbons (Fsp3) is 0. The van der Waals surface area contributed by atoms with Crippen molar-refractivity contribution in [2.75, 3.05) is 0 Å². The van der Waals surface area contributed by atoms with Crippen molar-refractivity contribution in [2.24, 2.45) is 0 Å². The molecule has 0 aliphatic carbocycles. The van der Waals surface area contributed by atoms with E-state index >= 15 is 0 Å². The summed E-state index contributed by atoms with van der Waals surface area (Å²) >= 11 is 0. The number of hydrogen-bond acceptors (Lipinski definition) is 1. The Bertz CT molecular complexity index is 4480. The molecule has 0 saturated heterocycles. The van der Waals surface area contributed by atoms with E-state index in [0.717, 1.165) is 98.4 Å². The van der Waals surface area contributed by atoms with Crippen molar-refractivity contribution in [3.8, 4) is 66.8 Å². The Morgan fingerprint density at radius 1 is 0.292 bits per heavy atom. The second-order valence-electron chi connectivity index (χ2n) is 16.4. The standard InChI is InChI=1S/C64H40O/c1-3-16-42(17-4-1)51-29-14-30-58-63-50(28-15-31-60(63)65-64(51)58)46-20-13-21-47(39-46)59-40-48-38-45(36-37-49(48)52-22-7-8-23-53(52)59)41-32-34-44(35-33-41)62-56-26-11-9-24-54(56)61(43-18-5-2-6-19-43)55-25-10-12-27-57(55)62/h1-40H/i1D,2D,3D,4D,5D,6D,16D,17D,18D,19D. The summed E-state index contributed by atoms with van der Waals surface area (Å²) in [4.78, 5) is 0. The number of hydrogen-bond donors (Lipinski definition) is 0. The van der Waals surface area contributed by atoms with E-state index in [1.165, 1.54) is 0 Å². The highest BCUT2D eigenvalue weighted by Gasteiger charge is 2.19. The Hall–Kier alpha value is -8.52. The van der Waals surface area contributed by atoms with Crippen LogP contribution in [0.3, 0.4) is 0 Å². The van der Waals surface area contributed by atoms with Crippen molar-refractivity contribution < 1.29 is 18.1 Å². The van der Waals surface area contributed by atoms with Gasteiger partial charge in [0.25, 0.3) is 0 Å². The molecule has 1 nitrogen and oxygen atoms in total. The van der Waals surface area contributed by atoms with Crippen LogP contribution in [0.25, 0.3) is 132 Å². The van der Waals surface area contributed by atoms with Crippen molar-refractivity contribution in [3.05, 3.63) is 242 Å². The maximum absolute atomic E-state index is 8.93. The van der Waals surface area contributed by atoms with Crippen LogP contribution in [0.4, 0.5) is 0 Å². The molecule has 0 aliphatic heterocycles. The van der Waals surface area contributed by atoms with Crippen LogP contribution in [0.5, 0.6) is 0 Å². The van der Waals surface area contributed by atoms with Crippen molar-refractivity contribution in [1.29, 1.82) is 0 Å². The molecule has 0 amide bonds. The van der Waals surface area contributed by atoms with Gasteiger partial charge in [-0.25, -0.2) is 0 Å². The van der Waals surface area contributed by atoms with Crippen LogP contribution < -0.4 is 0 Å². The van der Waals surface area contributed by atoms with Gasteiger partial charge in [-0.1, -0.05) is 218 Å². The van der Waals surface area contributed by atoms with Gasteiger partial charge >= 0.3 is 0 Å². The van der Waals surface area contributed by atoms with Crippen LogP contribution in [0.2, 0.25) is 0 Å². The second kappa shape index (κ2) is 15.1. The van der Waals surface area contributed by atoms with Crippen LogP contribution in [0.15, 0.2) is 247 Å². The normalized spacial score (nSPS) is 13.8. The first-order chi connectivity index (χ1) is 36.4. The molecule has 302 valence electrons. The molecule has 13 rings (SSSR count). The first-order valence-electron chi connectivity index (χ1n) is 26.6. The lowest BCUT2D eigenvalue weighted by Gasteiger charge is -2.18. The molecule has 13 aromatic rings. The third kappa shape index (κ3) is 6.09. The number of rotatable bonds is 6. The highest BCUT2D eigenvalue weighted by atomic mass is 16.3. The van der Waals surface area contributed by atoms with E-state index in [2.05, 4.69) is 103 Å². The highest BCUT2D eigenvalue weighted by molar-refractivity contribution is 6.22. The fourth-order valence-electron chi connectivity index (χ4n) is 9.97. The molecule has 12 aromatic carbocycles. The smallest absolute Gasteiger partial charge is 0.143 e. The van der Waals surface area contributed by atoms with Crippen LogP contribution in [0, 0.1) is 0 Å². The summed E-state index contributed by atoms with van der Waals surface area (Å²) < 4.78 is 91.9. The monoisotopic (exact) mass is 834 g/mol. The Morgan fingerprint density at radius 3 is 1.51 bits per heavy atom. The Kier molecular flexibility index (Phi) is 6.55. The molecule has 0 unspecified atom stereocenters. The van der Waals surface area contributed by atoms with Crippen LogP contribution in [-0.4, -0.2) is 0 Å². The van der Waals surface area contributed by atoms with E-state index in [0.29, 0.717) is 22.3 Å². The van der Waals surface area contributed by atoms with E-state index in [9.17, 15) is 0 Å². The molecule has 0 saturated carbocycles. The third-order valence-electron chi connectivity index (χ3n) is 12.8. The molecule has 0 aliphatic rings. The molecular weight excluding hydrogens is 785 g/mol. The molecule has 0 fully saturated rings. The molecule has 0 N–H and O–H groups in total. The van der Waals surface area contributed by atoms with Crippen molar-refractivity contribution >= 4 is 65.0 Å². The summed E-state index contributed by atoms with van der Waals surface area (Å²) in [6, 6.07) is 58.2. The predicted octanol–water partition coefficient (Wildman–Crippen LogP) is 18.2. The Balaban J connectivity index is 0.909. The summed E-state index contributed by atoms with van der Waals surface area (Å²) in [5.41, 5.74) is 10.5. The van der Waals surface area contributed by atoms with E-state index < -0.39 is 24.2 Å². The minimum atomic E-state index is -0.442. The lowest BCUT2D eigenvalue weighted by molar-refractivity contribution is 0.670. The van der Waals surface area contributed by atoms with Gasteiger partial charge in [0, 0.05) is 16.3 Å². The Morgan fingerprint density at radius 2 is 0.815 bits per heavy atom. The van der Waals surface area contributed by atoms with Gasteiger partial charge in [-0.05, 0) is 129 Å². The van der Waals surface area contributed by atoms with Gasteiger partial charge in [0.15, 0.2) is 0 Å². The molecule has 65 heavy (non-hydrogen) atoms. The van der Waals surface area contributed by atoms with E-state index in [4.69, 9.17) is 18.1 Å². The van der Waals surface area contributed by atoms with Gasteiger partial charge in [0.1, 0.15) is 11.2 Å². The largest absolute Gasteiger partial charge is 0.455 e. The number of benzene rings is 12. The number of furan rings is 1. The SMILES string of the molecule is [2H]c1c([2H])c([2H])c(-c2c3ccccc3c(-c3ccc(-c4ccc5c(c4)cc(-c4cccc(-c6cccc7oc8c(-c9c([2H])c([2H])c([2H])c([2H])c9[2H])cccc8c67)c4)c4ccccc45)cc3)c3ccccc23)c([2H])c1[2H]. The highest BCUT2D eigenvalue weighted by Crippen LogP contribution is 2.45. The van der Waals surface area contributed by atoms with Crippen molar-refractivity contribution in [3.63, 3.8) is 0 Å². The fourth-order valence-corrected chi connectivity index (χ4v) is 9.97. The quantitative estimate of drug-likeness (QED) is 0.120. The molecular formula is C64H40O. The first-order valence-corrected chi connectivity index (χ1v) is 21.6. The van der Waals surface area contributed by atoms with E-state index in [-0.39, 0.29) is 47.4 Å². The van der Waals surface area contributed by atoms with Gasteiger partial charge in [-0.2, -0.15) is 0 Å². The summed E-state index contributed by atoms with van der Waals surface area (Å²) in [6.45, 7) is 0. The maximum Gasteiger partial charge on any atom is 0.143 e. The van der Waals surface area contributed by atoms with Gasteiger partial charge in [0.2, 0.25) is 0 Å². The molecule has 0 atom stereocenters. The molecule has 0 bridgehead atoms. The van der Waals surface area contributed by atoms with E-state index in [1.807, 2.05) is 72.8 Å². The molecule has 0 spiro atoms. The topological polar surface area (TPSA) is 13.1 Å². The van der Waals surface area contributed by atoms with Gasteiger partial charge in [-0.15, -0.1) is 0 Å². The second-order valence-corrected chi connectivity index (χ2v) is 16.4. The predicted molar refractivity (Wildman–Crippen MR) is 276 cm³/mol. The van der Waals surface area contributed by atoms with Crippen LogP contribution in [-0.2, 0) is 0 Å². The van der Waals surface area contributed by atoms with Crippen molar-refractivity contribution in [2.45, 2.75) is 0 Å². The summed E-state index contributed by atoms with van der Waals surface area (Å²) in [6.07, 6.45) is 0. The molecule has 1 aromatic heterocycles. The third-order valence-corrected chi connectivity index (χ3v) is 12.8. The number of fused-ring (bicyclic) bond motifs is 8. The zero-order valence-electron chi connectivity index (χ0n) is 44.7. The van der Waals surface area contributed by atoms with Crippen LogP contribution in [0.1, 0.15) is 13.7 Å². The number of para-hydroxylation sites is 1. The average Bonchev–Trinajstić information content (AvgIpc) is 3.89. The minimum Gasteiger partial charge on any atom is -0.455 e. The average molecular weight is 835 g/mol. The Labute approximate surface area is 391 Å². The van der Waals surface area contributed by atoms with Crippen LogP contribution >= 0.6 is 0 Å². The zero-order chi connectivity index (χ0) is 51.6. The van der Waals surface area contributed by atoms with Gasteiger partial charge in [-0.3, -0.25) is 0 Å². The first kappa shape index (κ1) is 28.2. The van der Waals surface area contributed by atoms with Gasteiger partial charge in [0.05, 0.1) is 13.7 Å². The summed E-state index contributed by atoms with van der Waals surface area (Å²) in [5, 5.41) is 9.53. The summed E-state index contributed by atoms with van der Waals surface area (Å²) in [7, 11) is 0. The zero-order valence-corrected chi connectivity index (χ0v) is 34.7. The maximum atomic E-state index is 8.93. The lowest BCUT2D eigenvalue weighted by atomic mass is 9.85. The lowest BCUT2D eigenvalue weighted by Crippen LogP contribution is -1.91. The van der Waals surface area contributed by atoms with Crippen molar-refractivity contribution in [1.82, 2.24) is 0 Å². The summed E-state index contributed by atoms with van der Waals surface area (Å²) in [5.74, 6) is 0. The molecule has 1 heterocycles. The van der Waals surface area contributed by atoms with Gasteiger partial charge < -0.3 is 4.42 Å². The molecule has 0 radical (unpaired) electrons. The van der Waals surface area contributed by atoms with E-state index in [1.54, 1.807) is 6.07 Å². The molecule has 1 heteroatoms.